The molecule has 1 saturated heterocycles. The van der Waals surface area contributed by atoms with Crippen molar-refractivity contribution in [1.29, 1.82) is 0 Å². The van der Waals surface area contributed by atoms with Gasteiger partial charge in [0, 0.05) is 24.7 Å². The smallest absolute Gasteiger partial charge is 0.163 e. The zero-order valence-electron chi connectivity index (χ0n) is 11.9. The number of aromatic nitrogens is 2. The molecule has 2 aromatic rings. The highest BCUT2D eigenvalue weighted by Gasteiger charge is 2.25. The fraction of sp³-hybridized carbons (Fsp3) is 0.375. The average molecular weight is 304 g/mol. The van der Waals surface area contributed by atoms with Crippen molar-refractivity contribution >= 4 is 17.4 Å². The third kappa shape index (κ3) is 3.17. The molecular formula is C16H18ClN3O. The van der Waals surface area contributed by atoms with Crippen molar-refractivity contribution in [1.82, 2.24) is 9.97 Å². The largest absolute Gasteiger partial charge is 0.391 e. The number of anilines is 1. The van der Waals surface area contributed by atoms with E-state index in [1.165, 1.54) is 0 Å². The standard InChI is InChI=1S/C16H18ClN3O/c1-11-7-8-20(10-13(11)21)15-9-14(17)18-16(19-15)12-5-3-2-4-6-12/h2-6,9,11,13,21H,7-8,10H2,1H3. The number of aliphatic hydroxyl groups excluding tert-OH is 1. The van der Waals surface area contributed by atoms with E-state index in [0.29, 0.717) is 23.4 Å². The zero-order chi connectivity index (χ0) is 14.8. The van der Waals surface area contributed by atoms with Crippen molar-refractivity contribution in [3.63, 3.8) is 0 Å². The fourth-order valence-corrected chi connectivity index (χ4v) is 2.72. The van der Waals surface area contributed by atoms with Gasteiger partial charge in [-0.2, -0.15) is 0 Å². The molecule has 3 rings (SSSR count). The van der Waals surface area contributed by atoms with Gasteiger partial charge in [-0.05, 0) is 12.3 Å². The SMILES string of the molecule is CC1CCN(c2cc(Cl)nc(-c3ccccc3)n2)CC1O. The summed E-state index contributed by atoms with van der Waals surface area (Å²) >= 11 is 6.14. The Hall–Kier alpha value is -1.65. The lowest BCUT2D eigenvalue weighted by molar-refractivity contribution is 0.102. The van der Waals surface area contributed by atoms with Crippen molar-refractivity contribution in [2.24, 2.45) is 5.92 Å². The number of hydrogen-bond donors (Lipinski definition) is 1. The molecule has 1 fully saturated rings. The van der Waals surface area contributed by atoms with Crippen molar-refractivity contribution in [2.45, 2.75) is 19.4 Å². The van der Waals surface area contributed by atoms with Crippen LogP contribution in [-0.2, 0) is 0 Å². The number of β-amino-alcohol motifs (C(OH)–C–C–N with tert-alkyl or cyclic N) is 1. The number of aliphatic hydroxyl groups is 1. The molecule has 0 aliphatic carbocycles. The minimum Gasteiger partial charge on any atom is -0.391 e. The molecule has 21 heavy (non-hydrogen) atoms. The molecular weight excluding hydrogens is 286 g/mol. The van der Waals surface area contributed by atoms with Gasteiger partial charge in [-0.15, -0.1) is 0 Å². The van der Waals surface area contributed by atoms with Crippen LogP contribution < -0.4 is 4.90 Å². The van der Waals surface area contributed by atoms with E-state index in [-0.39, 0.29) is 6.10 Å². The lowest BCUT2D eigenvalue weighted by Crippen LogP contribution is -2.43. The van der Waals surface area contributed by atoms with Crippen molar-refractivity contribution in [2.75, 3.05) is 18.0 Å². The summed E-state index contributed by atoms with van der Waals surface area (Å²) in [5.41, 5.74) is 0.937. The molecule has 2 heterocycles. The molecule has 4 nitrogen and oxygen atoms in total. The van der Waals surface area contributed by atoms with Crippen LogP contribution in [0.4, 0.5) is 5.82 Å². The zero-order valence-corrected chi connectivity index (χ0v) is 12.7. The van der Waals surface area contributed by atoms with Gasteiger partial charge in [0.25, 0.3) is 0 Å². The van der Waals surface area contributed by atoms with Crippen LogP contribution in [0, 0.1) is 5.92 Å². The number of halogens is 1. The highest BCUT2D eigenvalue weighted by atomic mass is 35.5. The maximum atomic E-state index is 10.0. The quantitative estimate of drug-likeness (QED) is 0.867. The molecule has 1 aliphatic heterocycles. The second kappa shape index (κ2) is 6.00. The Bertz CT molecular complexity index is 620. The third-order valence-electron chi connectivity index (χ3n) is 3.96. The molecule has 1 N–H and O–H groups in total. The van der Waals surface area contributed by atoms with Gasteiger partial charge in [0.1, 0.15) is 11.0 Å². The van der Waals surface area contributed by atoms with E-state index in [2.05, 4.69) is 21.8 Å². The summed E-state index contributed by atoms with van der Waals surface area (Å²) in [5, 5.41) is 10.5. The Labute approximate surface area is 129 Å². The second-order valence-corrected chi connectivity index (χ2v) is 5.91. The molecule has 0 spiro atoms. The van der Waals surface area contributed by atoms with E-state index in [0.717, 1.165) is 24.3 Å². The van der Waals surface area contributed by atoms with Gasteiger partial charge >= 0.3 is 0 Å². The van der Waals surface area contributed by atoms with Crippen molar-refractivity contribution in [3.05, 3.63) is 41.6 Å². The third-order valence-corrected chi connectivity index (χ3v) is 4.15. The van der Waals surface area contributed by atoms with Crippen LogP contribution in [0.15, 0.2) is 36.4 Å². The van der Waals surface area contributed by atoms with Crippen LogP contribution in [-0.4, -0.2) is 34.3 Å². The Kier molecular flexibility index (Phi) is 4.08. The number of benzene rings is 1. The predicted octanol–water partition coefficient (Wildman–Crippen LogP) is 3.00. The molecule has 0 amide bonds. The number of nitrogens with zero attached hydrogens (tertiary/aromatic N) is 3. The van der Waals surface area contributed by atoms with E-state index in [9.17, 15) is 5.11 Å². The van der Waals surface area contributed by atoms with E-state index in [4.69, 9.17) is 11.6 Å². The normalized spacial score (nSPS) is 22.3. The molecule has 1 aromatic heterocycles. The lowest BCUT2D eigenvalue weighted by atomic mass is 9.96. The molecule has 1 aliphatic rings. The Morgan fingerprint density at radius 1 is 1.24 bits per heavy atom. The first-order chi connectivity index (χ1) is 10.1. The molecule has 0 bridgehead atoms. The van der Waals surface area contributed by atoms with Crippen LogP contribution >= 0.6 is 11.6 Å². The van der Waals surface area contributed by atoms with E-state index in [1.807, 2.05) is 30.3 Å². The maximum absolute atomic E-state index is 10.0. The van der Waals surface area contributed by atoms with Gasteiger partial charge in [-0.25, -0.2) is 9.97 Å². The highest BCUT2D eigenvalue weighted by molar-refractivity contribution is 6.29. The monoisotopic (exact) mass is 303 g/mol. The molecule has 1 aromatic carbocycles. The summed E-state index contributed by atoms with van der Waals surface area (Å²) in [6.45, 7) is 3.53. The first kappa shape index (κ1) is 14.3. The summed E-state index contributed by atoms with van der Waals surface area (Å²) in [5.74, 6) is 1.72. The number of rotatable bonds is 2. The Morgan fingerprint density at radius 2 is 2.00 bits per heavy atom. The Morgan fingerprint density at radius 3 is 2.71 bits per heavy atom. The first-order valence-corrected chi connectivity index (χ1v) is 7.54. The van der Waals surface area contributed by atoms with Crippen LogP contribution in [0.2, 0.25) is 5.15 Å². The van der Waals surface area contributed by atoms with Gasteiger partial charge in [0.05, 0.1) is 6.10 Å². The highest BCUT2D eigenvalue weighted by Crippen LogP contribution is 2.26. The summed E-state index contributed by atoms with van der Waals surface area (Å²) in [7, 11) is 0. The second-order valence-electron chi connectivity index (χ2n) is 5.52. The minimum absolute atomic E-state index is 0.326. The van der Waals surface area contributed by atoms with Crippen molar-refractivity contribution < 1.29 is 5.11 Å². The van der Waals surface area contributed by atoms with Gasteiger partial charge in [0.15, 0.2) is 5.82 Å². The van der Waals surface area contributed by atoms with Crippen molar-refractivity contribution in [3.8, 4) is 11.4 Å². The van der Waals surface area contributed by atoms with Crippen LogP contribution in [0.3, 0.4) is 0 Å². The molecule has 5 heteroatoms. The average Bonchev–Trinajstić information content (AvgIpc) is 2.50. The molecule has 0 saturated carbocycles. The first-order valence-electron chi connectivity index (χ1n) is 7.16. The van der Waals surface area contributed by atoms with E-state index in [1.54, 1.807) is 6.07 Å². The number of hydrogen-bond acceptors (Lipinski definition) is 4. The Balaban J connectivity index is 1.92. The predicted molar refractivity (Wildman–Crippen MR) is 84.5 cm³/mol. The topological polar surface area (TPSA) is 49.2 Å². The lowest BCUT2D eigenvalue weighted by Gasteiger charge is -2.35. The molecule has 2 atom stereocenters. The molecule has 2 unspecified atom stereocenters. The van der Waals surface area contributed by atoms with E-state index >= 15 is 0 Å². The maximum Gasteiger partial charge on any atom is 0.163 e. The van der Waals surface area contributed by atoms with Crippen LogP contribution in [0.5, 0.6) is 0 Å². The fourth-order valence-electron chi connectivity index (χ4n) is 2.54. The number of piperidine rings is 1. The van der Waals surface area contributed by atoms with Gasteiger partial charge < -0.3 is 10.0 Å². The van der Waals surface area contributed by atoms with Gasteiger partial charge in [-0.3, -0.25) is 0 Å². The van der Waals surface area contributed by atoms with Gasteiger partial charge in [0.2, 0.25) is 0 Å². The van der Waals surface area contributed by atoms with E-state index < -0.39 is 0 Å². The summed E-state index contributed by atoms with van der Waals surface area (Å²) < 4.78 is 0. The van der Waals surface area contributed by atoms with Crippen LogP contribution in [0.1, 0.15) is 13.3 Å². The summed E-state index contributed by atoms with van der Waals surface area (Å²) in [6, 6.07) is 11.5. The molecule has 0 radical (unpaired) electrons. The summed E-state index contributed by atoms with van der Waals surface area (Å²) in [6.07, 6.45) is 0.622. The van der Waals surface area contributed by atoms with Crippen LogP contribution in [0.25, 0.3) is 11.4 Å². The molecule has 110 valence electrons. The minimum atomic E-state index is -0.326. The summed E-state index contributed by atoms with van der Waals surface area (Å²) in [4.78, 5) is 11.0. The van der Waals surface area contributed by atoms with Gasteiger partial charge in [-0.1, -0.05) is 48.9 Å².